The van der Waals surface area contributed by atoms with Crippen LogP contribution in [0, 0.1) is 12.7 Å². The first kappa shape index (κ1) is 10.7. The second kappa shape index (κ2) is 4.37. The van der Waals surface area contributed by atoms with E-state index < -0.39 is 0 Å². The van der Waals surface area contributed by atoms with Crippen LogP contribution in [0.2, 0.25) is 0 Å². The Morgan fingerprint density at radius 3 is 2.50 bits per heavy atom. The Labute approximate surface area is 93.2 Å². The number of hydrogen-bond donors (Lipinski definition) is 1. The van der Waals surface area contributed by atoms with E-state index in [0.29, 0.717) is 5.82 Å². The van der Waals surface area contributed by atoms with Crippen LogP contribution >= 0.6 is 0 Å². The molecule has 0 saturated carbocycles. The van der Waals surface area contributed by atoms with E-state index in [-0.39, 0.29) is 11.9 Å². The molecular weight excluding hydrogens is 205 g/mol. The predicted octanol–water partition coefficient (Wildman–Crippen LogP) is 1.97. The second-order valence-corrected chi connectivity index (χ2v) is 3.56. The van der Waals surface area contributed by atoms with Gasteiger partial charge in [0.15, 0.2) is 0 Å². The Balaban J connectivity index is 2.31. The molecule has 1 heterocycles. The largest absolute Gasteiger partial charge is 0.319 e. The number of nitrogens with zero attached hydrogens (tertiary/aromatic N) is 2. The number of nitrogens with two attached hydrogens (primary N) is 1. The third kappa shape index (κ3) is 2.23. The summed E-state index contributed by atoms with van der Waals surface area (Å²) >= 11 is 0. The highest BCUT2D eigenvalue weighted by Crippen LogP contribution is 2.17. The summed E-state index contributed by atoms with van der Waals surface area (Å²) in [6, 6.07) is 7.53. The Morgan fingerprint density at radius 1 is 1.19 bits per heavy atom. The fourth-order valence-corrected chi connectivity index (χ4v) is 1.49. The summed E-state index contributed by atoms with van der Waals surface area (Å²) in [5.41, 5.74) is 7.59. The summed E-state index contributed by atoms with van der Waals surface area (Å²) < 4.78 is 12.8. The SMILES string of the molecule is Cc1nccc(C(N)c2ccc(F)cc2)n1. The molecule has 2 N–H and O–H groups in total. The highest BCUT2D eigenvalue weighted by Gasteiger charge is 2.10. The molecular formula is C12H12FN3. The molecule has 1 unspecified atom stereocenters. The number of aryl methyl sites for hydroxylation is 1. The van der Waals surface area contributed by atoms with Crippen LogP contribution in [-0.4, -0.2) is 9.97 Å². The lowest BCUT2D eigenvalue weighted by Crippen LogP contribution is -2.14. The minimum atomic E-state index is -0.345. The summed E-state index contributed by atoms with van der Waals surface area (Å²) in [4.78, 5) is 8.25. The van der Waals surface area contributed by atoms with E-state index in [0.717, 1.165) is 11.3 Å². The van der Waals surface area contributed by atoms with Crippen molar-refractivity contribution in [3.63, 3.8) is 0 Å². The molecule has 0 aliphatic heterocycles. The average Bonchev–Trinajstić information content (AvgIpc) is 2.29. The molecule has 2 aromatic rings. The number of halogens is 1. The molecule has 0 fully saturated rings. The van der Waals surface area contributed by atoms with Gasteiger partial charge in [0, 0.05) is 6.20 Å². The van der Waals surface area contributed by atoms with Crippen molar-refractivity contribution in [1.82, 2.24) is 9.97 Å². The molecule has 0 radical (unpaired) electrons. The Kier molecular flexibility index (Phi) is 2.92. The first-order chi connectivity index (χ1) is 7.66. The smallest absolute Gasteiger partial charge is 0.125 e. The molecule has 0 spiro atoms. The van der Waals surface area contributed by atoms with E-state index in [1.165, 1.54) is 12.1 Å². The maximum Gasteiger partial charge on any atom is 0.125 e. The maximum atomic E-state index is 12.8. The minimum Gasteiger partial charge on any atom is -0.319 e. The molecule has 1 atom stereocenters. The quantitative estimate of drug-likeness (QED) is 0.836. The molecule has 0 aliphatic rings. The van der Waals surface area contributed by atoms with Crippen LogP contribution in [0.1, 0.15) is 23.1 Å². The van der Waals surface area contributed by atoms with E-state index in [1.54, 1.807) is 31.3 Å². The summed E-state index contributed by atoms with van der Waals surface area (Å²) in [5, 5.41) is 0. The Bertz CT molecular complexity index is 482. The molecule has 1 aromatic carbocycles. The third-order valence-electron chi connectivity index (χ3n) is 2.35. The van der Waals surface area contributed by atoms with Gasteiger partial charge in [-0.25, -0.2) is 14.4 Å². The van der Waals surface area contributed by atoms with E-state index in [4.69, 9.17) is 5.73 Å². The van der Waals surface area contributed by atoms with E-state index in [9.17, 15) is 4.39 Å². The van der Waals surface area contributed by atoms with Gasteiger partial charge in [-0.05, 0) is 30.7 Å². The van der Waals surface area contributed by atoms with Crippen molar-refractivity contribution in [1.29, 1.82) is 0 Å². The molecule has 2 rings (SSSR count). The van der Waals surface area contributed by atoms with Gasteiger partial charge in [0.25, 0.3) is 0 Å². The highest BCUT2D eigenvalue weighted by molar-refractivity contribution is 5.27. The van der Waals surface area contributed by atoms with Crippen LogP contribution in [0.25, 0.3) is 0 Å². The molecule has 0 aliphatic carbocycles. The molecule has 82 valence electrons. The van der Waals surface area contributed by atoms with Crippen molar-refractivity contribution >= 4 is 0 Å². The standard InChI is InChI=1S/C12H12FN3/c1-8-15-7-6-11(16-8)12(14)9-2-4-10(13)5-3-9/h2-7,12H,14H2,1H3. The lowest BCUT2D eigenvalue weighted by molar-refractivity contribution is 0.626. The zero-order valence-corrected chi connectivity index (χ0v) is 8.89. The van der Waals surface area contributed by atoms with E-state index >= 15 is 0 Å². The summed E-state index contributed by atoms with van der Waals surface area (Å²) in [7, 11) is 0. The Morgan fingerprint density at radius 2 is 1.88 bits per heavy atom. The Hall–Kier alpha value is -1.81. The van der Waals surface area contributed by atoms with Gasteiger partial charge in [-0.2, -0.15) is 0 Å². The van der Waals surface area contributed by atoms with Crippen molar-refractivity contribution in [2.75, 3.05) is 0 Å². The van der Waals surface area contributed by atoms with Crippen LogP contribution in [0.3, 0.4) is 0 Å². The lowest BCUT2D eigenvalue weighted by atomic mass is 10.0. The van der Waals surface area contributed by atoms with Gasteiger partial charge in [0.05, 0.1) is 11.7 Å². The maximum absolute atomic E-state index is 12.8. The summed E-state index contributed by atoms with van der Waals surface area (Å²) in [5.74, 6) is 0.407. The van der Waals surface area contributed by atoms with Crippen molar-refractivity contribution in [2.24, 2.45) is 5.73 Å². The molecule has 0 saturated heterocycles. The van der Waals surface area contributed by atoms with Gasteiger partial charge in [0.1, 0.15) is 11.6 Å². The zero-order valence-electron chi connectivity index (χ0n) is 8.89. The van der Waals surface area contributed by atoms with Crippen molar-refractivity contribution in [2.45, 2.75) is 13.0 Å². The van der Waals surface area contributed by atoms with Gasteiger partial charge in [-0.3, -0.25) is 0 Å². The number of benzene rings is 1. The first-order valence-corrected chi connectivity index (χ1v) is 4.97. The number of rotatable bonds is 2. The number of aromatic nitrogens is 2. The van der Waals surface area contributed by atoms with Crippen LogP contribution in [0.4, 0.5) is 4.39 Å². The molecule has 3 nitrogen and oxygen atoms in total. The fraction of sp³-hybridized carbons (Fsp3) is 0.167. The molecule has 1 aromatic heterocycles. The minimum absolute atomic E-state index is 0.269. The third-order valence-corrected chi connectivity index (χ3v) is 2.35. The van der Waals surface area contributed by atoms with Crippen molar-refractivity contribution in [3.8, 4) is 0 Å². The van der Waals surface area contributed by atoms with Crippen LogP contribution in [0.5, 0.6) is 0 Å². The van der Waals surface area contributed by atoms with Gasteiger partial charge < -0.3 is 5.73 Å². The number of hydrogen-bond acceptors (Lipinski definition) is 3. The second-order valence-electron chi connectivity index (χ2n) is 3.56. The van der Waals surface area contributed by atoms with E-state index in [1.807, 2.05) is 0 Å². The molecule has 16 heavy (non-hydrogen) atoms. The van der Waals surface area contributed by atoms with Crippen molar-refractivity contribution in [3.05, 3.63) is 59.4 Å². The fourth-order valence-electron chi connectivity index (χ4n) is 1.49. The highest BCUT2D eigenvalue weighted by atomic mass is 19.1. The monoisotopic (exact) mass is 217 g/mol. The van der Waals surface area contributed by atoms with Gasteiger partial charge in [0.2, 0.25) is 0 Å². The topological polar surface area (TPSA) is 51.8 Å². The first-order valence-electron chi connectivity index (χ1n) is 4.97. The summed E-state index contributed by atoms with van der Waals surface area (Å²) in [6.07, 6.45) is 1.67. The lowest BCUT2D eigenvalue weighted by Gasteiger charge is -2.11. The molecule has 0 bridgehead atoms. The van der Waals surface area contributed by atoms with Crippen LogP contribution < -0.4 is 5.73 Å². The zero-order chi connectivity index (χ0) is 11.5. The van der Waals surface area contributed by atoms with Gasteiger partial charge in [-0.15, -0.1) is 0 Å². The van der Waals surface area contributed by atoms with Crippen LogP contribution in [0.15, 0.2) is 36.5 Å². The molecule has 4 heteroatoms. The summed E-state index contributed by atoms with van der Waals surface area (Å²) in [6.45, 7) is 1.81. The average molecular weight is 217 g/mol. The normalized spacial score (nSPS) is 12.4. The molecule has 0 amide bonds. The van der Waals surface area contributed by atoms with Crippen LogP contribution in [-0.2, 0) is 0 Å². The van der Waals surface area contributed by atoms with Gasteiger partial charge in [-0.1, -0.05) is 12.1 Å². The van der Waals surface area contributed by atoms with Crippen molar-refractivity contribution < 1.29 is 4.39 Å². The van der Waals surface area contributed by atoms with E-state index in [2.05, 4.69) is 9.97 Å². The predicted molar refractivity (Wildman–Crippen MR) is 59.2 cm³/mol. The van der Waals surface area contributed by atoms with Gasteiger partial charge >= 0.3 is 0 Å².